The van der Waals surface area contributed by atoms with Crippen molar-refractivity contribution in [3.63, 3.8) is 0 Å². The van der Waals surface area contributed by atoms with Gasteiger partial charge in [-0.05, 0) is 31.0 Å². The Labute approximate surface area is 133 Å². The summed E-state index contributed by atoms with van der Waals surface area (Å²) in [6, 6.07) is 4.43. The SMILES string of the molecule is COCCOCCN1c2ccc(C#N)c(C(F)(F)F)c2CC1C. The van der Waals surface area contributed by atoms with Crippen molar-refractivity contribution >= 4 is 5.69 Å². The fourth-order valence-electron chi connectivity index (χ4n) is 2.92. The van der Waals surface area contributed by atoms with Gasteiger partial charge in [0.25, 0.3) is 0 Å². The number of halogens is 3. The van der Waals surface area contributed by atoms with Gasteiger partial charge < -0.3 is 14.4 Å². The van der Waals surface area contributed by atoms with E-state index in [2.05, 4.69) is 0 Å². The van der Waals surface area contributed by atoms with E-state index in [4.69, 9.17) is 14.7 Å². The maximum atomic E-state index is 13.3. The Morgan fingerprint density at radius 3 is 2.65 bits per heavy atom. The minimum atomic E-state index is -4.53. The van der Waals surface area contributed by atoms with Gasteiger partial charge in [-0.1, -0.05) is 0 Å². The van der Waals surface area contributed by atoms with Crippen LogP contribution in [-0.2, 0) is 22.1 Å². The number of hydrogen-bond donors (Lipinski definition) is 0. The van der Waals surface area contributed by atoms with Crippen LogP contribution in [0.2, 0.25) is 0 Å². The summed E-state index contributed by atoms with van der Waals surface area (Å²) in [4.78, 5) is 1.90. The minimum Gasteiger partial charge on any atom is -0.382 e. The van der Waals surface area contributed by atoms with Gasteiger partial charge in [0.1, 0.15) is 0 Å². The maximum absolute atomic E-state index is 13.3. The van der Waals surface area contributed by atoms with E-state index < -0.39 is 11.7 Å². The molecule has 1 aromatic rings. The Bertz CT molecular complexity index is 596. The van der Waals surface area contributed by atoms with Crippen LogP contribution in [0.4, 0.5) is 18.9 Å². The normalized spacial score (nSPS) is 17.2. The van der Waals surface area contributed by atoms with E-state index >= 15 is 0 Å². The van der Waals surface area contributed by atoms with Crippen LogP contribution in [0.15, 0.2) is 12.1 Å². The van der Waals surface area contributed by atoms with Crippen LogP contribution in [-0.4, -0.2) is 39.5 Å². The number of benzene rings is 1. The van der Waals surface area contributed by atoms with Gasteiger partial charge in [0, 0.05) is 25.4 Å². The summed E-state index contributed by atoms with van der Waals surface area (Å²) in [5.41, 5.74) is -0.367. The molecule has 1 aromatic carbocycles. The second-order valence-electron chi connectivity index (χ2n) is 5.45. The van der Waals surface area contributed by atoms with Crippen LogP contribution in [0.25, 0.3) is 0 Å². The van der Waals surface area contributed by atoms with Gasteiger partial charge in [-0.25, -0.2) is 0 Å². The largest absolute Gasteiger partial charge is 0.418 e. The van der Waals surface area contributed by atoms with Gasteiger partial charge in [0.05, 0.1) is 37.0 Å². The summed E-state index contributed by atoms with van der Waals surface area (Å²) in [6.45, 7) is 3.72. The third kappa shape index (κ3) is 3.77. The highest BCUT2D eigenvalue weighted by molar-refractivity contribution is 5.66. The van der Waals surface area contributed by atoms with Crippen molar-refractivity contribution in [3.05, 3.63) is 28.8 Å². The van der Waals surface area contributed by atoms with Crippen LogP contribution < -0.4 is 4.90 Å². The molecule has 0 aliphatic carbocycles. The number of alkyl halides is 3. The molecule has 1 heterocycles. The summed E-state index contributed by atoms with van der Waals surface area (Å²) < 4.78 is 50.3. The number of ether oxygens (including phenoxy) is 2. The zero-order valence-electron chi connectivity index (χ0n) is 13.1. The number of methoxy groups -OCH3 is 1. The van der Waals surface area contributed by atoms with Crippen molar-refractivity contribution in [1.82, 2.24) is 0 Å². The molecule has 7 heteroatoms. The van der Waals surface area contributed by atoms with Crippen LogP contribution in [0.1, 0.15) is 23.6 Å². The summed E-state index contributed by atoms with van der Waals surface area (Å²) in [7, 11) is 1.58. The molecule has 0 bridgehead atoms. The molecule has 0 saturated heterocycles. The number of anilines is 1. The Hall–Kier alpha value is -1.78. The Kier molecular flexibility index (Phi) is 5.50. The third-order valence-electron chi connectivity index (χ3n) is 3.94. The second-order valence-corrected chi connectivity index (χ2v) is 5.45. The average Bonchev–Trinajstić information content (AvgIpc) is 2.80. The first-order valence-electron chi connectivity index (χ1n) is 7.36. The summed E-state index contributed by atoms with van der Waals surface area (Å²) in [5, 5.41) is 8.97. The lowest BCUT2D eigenvalue weighted by atomic mass is 9.98. The van der Waals surface area contributed by atoms with Gasteiger partial charge in [-0.15, -0.1) is 0 Å². The zero-order valence-corrected chi connectivity index (χ0v) is 13.1. The zero-order chi connectivity index (χ0) is 17.0. The number of hydrogen-bond acceptors (Lipinski definition) is 4. The third-order valence-corrected chi connectivity index (χ3v) is 3.94. The summed E-state index contributed by atoms with van der Waals surface area (Å²) in [5.74, 6) is 0. The molecule has 1 atom stereocenters. The standard InChI is InChI=1S/C16H19F3N2O2/c1-11-9-13-14(21(11)5-6-23-8-7-22-2)4-3-12(10-20)15(13)16(17,18)19/h3-4,11H,5-9H2,1-2H3. The van der Waals surface area contributed by atoms with E-state index in [1.165, 1.54) is 6.07 Å². The van der Waals surface area contributed by atoms with Crippen LogP contribution >= 0.6 is 0 Å². The first kappa shape index (κ1) is 17.6. The molecule has 0 aromatic heterocycles. The summed E-state index contributed by atoms with van der Waals surface area (Å²) >= 11 is 0. The lowest BCUT2D eigenvalue weighted by Gasteiger charge is -2.25. The lowest BCUT2D eigenvalue weighted by Crippen LogP contribution is -2.32. The van der Waals surface area contributed by atoms with Crippen molar-refractivity contribution in [2.75, 3.05) is 38.4 Å². The van der Waals surface area contributed by atoms with E-state index in [1.807, 2.05) is 11.8 Å². The molecule has 4 nitrogen and oxygen atoms in total. The van der Waals surface area contributed by atoms with Gasteiger partial charge >= 0.3 is 6.18 Å². The van der Waals surface area contributed by atoms with Crippen molar-refractivity contribution in [1.29, 1.82) is 5.26 Å². The Morgan fingerprint density at radius 1 is 1.30 bits per heavy atom. The first-order valence-corrected chi connectivity index (χ1v) is 7.36. The molecule has 0 amide bonds. The minimum absolute atomic E-state index is 0.0638. The number of rotatable bonds is 6. The fourth-order valence-corrected chi connectivity index (χ4v) is 2.92. The van der Waals surface area contributed by atoms with Crippen LogP contribution in [0, 0.1) is 11.3 Å². The van der Waals surface area contributed by atoms with Crippen LogP contribution in [0.5, 0.6) is 0 Å². The van der Waals surface area contributed by atoms with Gasteiger partial charge in [-0.2, -0.15) is 18.4 Å². The monoisotopic (exact) mass is 328 g/mol. The maximum Gasteiger partial charge on any atom is 0.418 e. The van der Waals surface area contributed by atoms with Crippen molar-refractivity contribution < 1.29 is 22.6 Å². The molecule has 1 aliphatic heterocycles. The fraction of sp³-hybridized carbons (Fsp3) is 0.562. The molecular formula is C16H19F3N2O2. The predicted octanol–water partition coefficient (Wildman–Crippen LogP) is 2.99. The molecule has 23 heavy (non-hydrogen) atoms. The molecule has 0 fully saturated rings. The summed E-state index contributed by atoms with van der Waals surface area (Å²) in [6.07, 6.45) is -4.25. The topological polar surface area (TPSA) is 45.5 Å². The predicted molar refractivity (Wildman–Crippen MR) is 79.4 cm³/mol. The van der Waals surface area contributed by atoms with Gasteiger partial charge in [0.15, 0.2) is 0 Å². The molecule has 1 aliphatic rings. The molecule has 0 N–H and O–H groups in total. The highest BCUT2D eigenvalue weighted by Gasteiger charge is 2.41. The highest BCUT2D eigenvalue weighted by atomic mass is 19.4. The van der Waals surface area contributed by atoms with E-state index in [-0.39, 0.29) is 23.6 Å². The Balaban J connectivity index is 2.22. The smallest absolute Gasteiger partial charge is 0.382 e. The molecule has 2 rings (SSSR count). The van der Waals surface area contributed by atoms with Crippen molar-refractivity contribution in [3.8, 4) is 6.07 Å². The van der Waals surface area contributed by atoms with Crippen molar-refractivity contribution in [2.24, 2.45) is 0 Å². The van der Waals surface area contributed by atoms with E-state index in [0.29, 0.717) is 32.1 Å². The molecule has 0 saturated carbocycles. The Morgan fingerprint density at radius 2 is 2.04 bits per heavy atom. The van der Waals surface area contributed by atoms with Crippen LogP contribution in [0.3, 0.4) is 0 Å². The van der Waals surface area contributed by atoms with Gasteiger partial charge in [-0.3, -0.25) is 0 Å². The molecule has 0 radical (unpaired) electrons. The van der Waals surface area contributed by atoms with Crippen molar-refractivity contribution in [2.45, 2.75) is 25.6 Å². The number of nitriles is 1. The first-order chi connectivity index (χ1) is 10.9. The van der Waals surface area contributed by atoms with E-state index in [1.54, 1.807) is 19.2 Å². The van der Waals surface area contributed by atoms with Gasteiger partial charge in [0.2, 0.25) is 0 Å². The molecule has 126 valence electrons. The quantitative estimate of drug-likeness (QED) is 0.753. The molecule has 0 spiro atoms. The number of fused-ring (bicyclic) bond motifs is 1. The lowest BCUT2D eigenvalue weighted by molar-refractivity contribution is -0.138. The highest BCUT2D eigenvalue weighted by Crippen LogP contribution is 2.43. The van der Waals surface area contributed by atoms with E-state index in [0.717, 1.165) is 0 Å². The average molecular weight is 328 g/mol. The molecular weight excluding hydrogens is 309 g/mol. The second kappa shape index (κ2) is 7.20. The van der Waals surface area contributed by atoms with E-state index in [9.17, 15) is 13.2 Å². The molecule has 1 unspecified atom stereocenters. The number of nitrogens with zero attached hydrogens (tertiary/aromatic N) is 2.